The van der Waals surface area contributed by atoms with Gasteiger partial charge in [-0.05, 0) is 52.2 Å². The molecule has 0 atom stereocenters. The third kappa shape index (κ3) is 2.64. The number of pyridine rings is 1. The van der Waals surface area contributed by atoms with E-state index in [1.54, 1.807) is 22.7 Å². The summed E-state index contributed by atoms with van der Waals surface area (Å²) in [7, 11) is 3.52. The van der Waals surface area contributed by atoms with Gasteiger partial charge in [-0.3, -0.25) is 9.80 Å². The zero-order valence-corrected chi connectivity index (χ0v) is 15.5. The number of anilines is 1. The minimum absolute atomic E-state index is 0.126. The summed E-state index contributed by atoms with van der Waals surface area (Å²) in [5.41, 5.74) is 3.40. The minimum atomic E-state index is -0.126. The second-order valence-corrected chi connectivity index (χ2v) is 6.83. The molecule has 1 amide bonds. The first-order chi connectivity index (χ1) is 12.1. The molecule has 0 bridgehead atoms. The van der Waals surface area contributed by atoms with Crippen molar-refractivity contribution in [3.8, 4) is 5.75 Å². The Morgan fingerprint density at radius 2 is 2.12 bits per heavy atom. The molecule has 2 aromatic heterocycles. The van der Waals surface area contributed by atoms with Gasteiger partial charge in [-0.15, -0.1) is 0 Å². The predicted octanol–water partition coefficient (Wildman–Crippen LogP) is 3.16. The standard InChI is InChI=1S/C18H17BrN4O2/c1-21-17-12(4-3-5-16(17)25-2)8-9-23(21)18(24)15-10-14-7-6-13(19)11-22(14)20-15/h3-7,10-11H,8-9H2,1-2H3. The highest BCUT2D eigenvalue weighted by molar-refractivity contribution is 9.10. The molecule has 0 spiro atoms. The van der Waals surface area contributed by atoms with Crippen LogP contribution in [0.5, 0.6) is 5.75 Å². The number of fused-ring (bicyclic) bond motifs is 2. The van der Waals surface area contributed by atoms with E-state index in [2.05, 4.69) is 27.1 Å². The number of methoxy groups -OCH3 is 1. The lowest BCUT2D eigenvalue weighted by molar-refractivity contribution is 0.0731. The Bertz CT molecular complexity index is 955. The second kappa shape index (κ2) is 6.07. The molecule has 0 unspecified atom stereocenters. The van der Waals surface area contributed by atoms with Crippen LogP contribution in [0.25, 0.3) is 5.52 Å². The van der Waals surface area contributed by atoms with Crippen LogP contribution in [-0.4, -0.2) is 41.2 Å². The van der Waals surface area contributed by atoms with Gasteiger partial charge in [-0.2, -0.15) is 5.10 Å². The molecule has 1 aliphatic heterocycles. The SMILES string of the molecule is COc1cccc2c1N(C)N(C(=O)c1cc3ccc(Br)cn3n1)CC2. The molecule has 0 N–H and O–H groups in total. The number of para-hydroxylation sites is 1. The number of hydrogen-bond acceptors (Lipinski definition) is 4. The fourth-order valence-electron chi connectivity index (χ4n) is 3.23. The van der Waals surface area contributed by atoms with Crippen molar-refractivity contribution in [3.63, 3.8) is 0 Å². The molecule has 0 radical (unpaired) electrons. The molecular weight excluding hydrogens is 384 g/mol. The van der Waals surface area contributed by atoms with Gasteiger partial charge in [0.1, 0.15) is 11.4 Å². The number of carbonyl (C=O) groups excluding carboxylic acids is 1. The molecule has 3 aromatic rings. The number of hydrazine groups is 1. The topological polar surface area (TPSA) is 50.1 Å². The Morgan fingerprint density at radius 3 is 2.92 bits per heavy atom. The molecule has 25 heavy (non-hydrogen) atoms. The quantitative estimate of drug-likeness (QED) is 0.662. The number of halogens is 1. The highest BCUT2D eigenvalue weighted by Crippen LogP contribution is 2.36. The highest BCUT2D eigenvalue weighted by Gasteiger charge is 2.30. The maximum absolute atomic E-state index is 13.0. The molecule has 3 heterocycles. The summed E-state index contributed by atoms with van der Waals surface area (Å²) in [4.78, 5) is 13.0. The number of nitrogens with zero attached hydrogens (tertiary/aromatic N) is 4. The van der Waals surface area contributed by atoms with E-state index in [1.165, 1.54) is 5.56 Å². The van der Waals surface area contributed by atoms with Crippen LogP contribution in [0.2, 0.25) is 0 Å². The van der Waals surface area contributed by atoms with E-state index >= 15 is 0 Å². The van der Waals surface area contributed by atoms with Crippen LogP contribution in [0.15, 0.2) is 47.1 Å². The average molecular weight is 401 g/mol. The molecule has 1 aromatic carbocycles. The van der Waals surface area contributed by atoms with E-state index in [4.69, 9.17) is 4.74 Å². The van der Waals surface area contributed by atoms with E-state index in [0.717, 1.165) is 27.8 Å². The number of rotatable bonds is 2. The van der Waals surface area contributed by atoms with Crippen molar-refractivity contribution in [2.24, 2.45) is 0 Å². The van der Waals surface area contributed by atoms with Crippen molar-refractivity contribution in [1.82, 2.24) is 14.6 Å². The number of amides is 1. The van der Waals surface area contributed by atoms with Gasteiger partial charge in [0, 0.05) is 24.3 Å². The summed E-state index contributed by atoms with van der Waals surface area (Å²) in [5.74, 6) is 0.635. The zero-order chi connectivity index (χ0) is 17.6. The van der Waals surface area contributed by atoms with Crippen molar-refractivity contribution in [1.29, 1.82) is 0 Å². The van der Waals surface area contributed by atoms with Gasteiger partial charge in [0.2, 0.25) is 0 Å². The summed E-state index contributed by atoms with van der Waals surface area (Å²) in [6.07, 6.45) is 2.62. The normalized spacial score (nSPS) is 13.9. The first-order valence-electron chi connectivity index (χ1n) is 7.95. The van der Waals surface area contributed by atoms with Gasteiger partial charge in [0.25, 0.3) is 5.91 Å². The summed E-state index contributed by atoms with van der Waals surface area (Å²) in [5, 5.41) is 7.99. The van der Waals surface area contributed by atoms with E-state index in [9.17, 15) is 4.79 Å². The Labute approximate surface area is 153 Å². The Hall–Kier alpha value is -2.54. The largest absolute Gasteiger partial charge is 0.495 e. The number of ether oxygens (including phenoxy) is 1. The average Bonchev–Trinajstić information content (AvgIpc) is 3.04. The van der Waals surface area contributed by atoms with Crippen LogP contribution >= 0.6 is 15.9 Å². The lowest BCUT2D eigenvalue weighted by Crippen LogP contribution is -2.48. The van der Waals surface area contributed by atoms with Crippen LogP contribution in [-0.2, 0) is 6.42 Å². The van der Waals surface area contributed by atoms with Crippen LogP contribution < -0.4 is 9.75 Å². The van der Waals surface area contributed by atoms with Crippen molar-refractivity contribution < 1.29 is 9.53 Å². The predicted molar refractivity (Wildman–Crippen MR) is 99.0 cm³/mol. The Balaban J connectivity index is 1.70. The first-order valence-corrected chi connectivity index (χ1v) is 8.74. The van der Waals surface area contributed by atoms with Crippen molar-refractivity contribution in [2.75, 3.05) is 25.7 Å². The first kappa shape index (κ1) is 16.0. The molecule has 6 nitrogen and oxygen atoms in total. The smallest absolute Gasteiger partial charge is 0.292 e. The lowest BCUT2D eigenvalue weighted by Gasteiger charge is -2.39. The van der Waals surface area contributed by atoms with E-state index < -0.39 is 0 Å². The van der Waals surface area contributed by atoms with Gasteiger partial charge in [0.15, 0.2) is 5.69 Å². The molecule has 1 aliphatic rings. The molecule has 4 rings (SSSR count). The second-order valence-electron chi connectivity index (χ2n) is 5.92. The number of carbonyl (C=O) groups is 1. The van der Waals surface area contributed by atoms with Gasteiger partial charge in [0.05, 0.1) is 12.6 Å². The third-order valence-electron chi connectivity index (χ3n) is 4.46. The number of aromatic nitrogens is 2. The molecule has 128 valence electrons. The van der Waals surface area contributed by atoms with Crippen LogP contribution in [0, 0.1) is 0 Å². The van der Waals surface area contributed by atoms with Crippen LogP contribution in [0.1, 0.15) is 16.1 Å². The van der Waals surface area contributed by atoms with Gasteiger partial charge in [-0.1, -0.05) is 12.1 Å². The van der Waals surface area contributed by atoms with Crippen molar-refractivity contribution in [2.45, 2.75) is 6.42 Å². The molecular formula is C18H17BrN4O2. The Morgan fingerprint density at radius 1 is 1.28 bits per heavy atom. The Kier molecular flexibility index (Phi) is 3.88. The molecule has 0 saturated heterocycles. The summed E-state index contributed by atoms with van der Waals surface area (Å²) in [6, 6.07) is 11.6. The summed E-state index contributed by atoms with van der Waals surface area (Å²) in [6.45, 7) is 0.604. The molecule has 0 aliphatic carbocycles. The fraction of sp³-hybridized carbons (Fsp3) is 0.222. The van der Waals surface area contributed by atoms with E-state index in [1.807, 2.05) is 42.5 Å². The highest BCUT2D eigenvalue weighted by atomic mass is 79.9. The zero-order valence-electron chi connectivity index (χ0n) is 13.9. The van der Waals surface area contributed by atoms with Crippen molar-refractivity contribution in [3.05, 3.63) is 58.3 Å². The molecule has 0 saturated carbocycles. The number of benzene rings is 1. The molecule has 7 heteroatoms. The maximum atomic E-state index is 13.0. The van der Waals surface area contributed by atoms with E-state index in [-0.39, 0.29) is 5.91 Å². The minimum Gasteiger partial charge on any atom is -0.495 e. The summed E-state index contributed by atoms with van der Waals surface area (Å²) >= 11 is 3.42. The molecule has 0 fully saturated rings. The third-order valence-corrected chi connectivity index (χ3v) is 4.93. The summed E-state index contributed by atoms with van der Waals surface area (Å²) < 4.78 is 8.09. The van der Waals surface area contributed by atoms with E-state index in [0.29, 0.717) is 12.2 Å². The van der Waals surface area contributed by atoms with Gasteiger partial charge < -0.3 is 4.74 Å². The van der Waals surface area contributed by atoms with Crippen LogP contribution in [0.4, 0.5) is 5.69 Å². The maximum Gasteiger partial charge on any atom is 0.292 e. The fourth-order valence-corrected chi connectivity index (χ4v) is 3.56. The number of hydrogen-bond donors (Lipinski definition) is 0. The van der Waals surface area contributed by atoms with Crippen LogP contribution in [0.3, 0.4) is 0 Å². The van der Waals surface area contributed by atoms with Gasteiger partial charge >= 0.3 is 0 Å². The monoisotopic (exact) mass is 400 g/mol. The van der Waals surface area contributed by atoms with Gasteiger partial charge in [-0.25, -0.2) is 9.52 Å². The lowest BCUT2D eigenvalue weighted by atomic mass is 10.1. The van der Waals surface area contributed by atoms with Crippen molar-refractivity contribution >= 4 is 33.0 Å².